The molecule has 0 spiro atoms. The van der Waals surface area contributed by atoms with Gasteiger partial charge in [0.15, 0.2) is 0 Å². The fourth-order valence-electron chi connectivity index (χ4n) is 3.01. The van der Waals surface area contributed by atoms with Crippen LogP contribution < -0.4 is 4.57 Å². The predicted octanol–water partition coefficient (Wildman–Crippen LogP) is 5.03. The maximum Gasteiger partial charge on any atom is 0.328 e. The third-order valence-electron chi connectivity index (χ3n) is 4.20. The molecule has 3 aromatic heterocycles. The Morgan fingerprint density at radius 1 is 1.22 bits per heavy atom. The van der Waals surface area contributed by atoms with Gasteiger partial charge in [0.25, 0.3) is 0 Å². The first-order valence-corrected chi connectivity index (χ1v) is 9.20. The molecule has 0 aliphatic carbocycles. The van der Waals surface area contributed by atoms with E-state index in [1.54, 1.807) is 12.3 Å². The number of rotatable bonds is 6. The van der Waals surface area contributed by atoms with Crippen LogP contribution in [0.3, 0.4) is 0 Å². The lowest BCUT2D eigenvalue weighted by Gasteiger charge is -2.06. The van der Waals surface area contributed by atoms with Crippen LogP contribution in [0.5, 0.6) is 0 Å². The summed E-state index contributed by atoms with van der Waals surface area (Å²) >= 11 is 0. The Balaban J connectivity index is 2.10. The Bertz CT molecular complexity index is 1020. The largest absolute Gasteiger partial charge is 0.328 e. The van der Waals surface area contributed by atoms with E-state index < -0.39 is 0 Å². The van der Waals surface area contributed by atoms with Crippen molar-refractivity contribution in [2.45, 2.75) is 27.2 Å². The van der Waals surface area contributed by atoms with Gasteiger partial charge in [-0.05, 0) is 42.4 Å². The standard InChI is InChI=1S/C23H25N4/c1-5-7-8-18-12-14-27(16-21(18)24-6-2)22-10-9-20-23(26-22)19(11-13-25-20)15-17(3)4/h5-14,16-17H,1,15H2,2-4H3/q+1/b8-7-,24-6+. The predicted molar refractivity (Wildman–Crippen MR) is 113 cm³/mol. The van der Waals surface area contributed by atoms with E-state index in [1.165, 1.54) is 5.56 Å². The summed E-state index contributed by atoms with van der Waals surface area (Å²) in [6, 6.07) is 8.13. The number of pyridine rings is 3. The van der Waals surface area contributed by atoms with Crippen LogP contribution in [0.15, 0.2) is 66.6 Å². The molecule has 0 atom stereocenters. The molecule has 0 bridgehead atoms. The summed E-state index contributed by atoms with van der Waals surface area (Å²) in [5.41, 5.74) is 5.04. The van der Waals surface area contributed by atoms with Crippen molar-refractivity contribution in [3.05, 3.63) is 72.7 Å². The molecule has 0 fully saturated rings. The van der Waals surface area contributed by atoms with Crippen LogP contribution in [0.25, 0.3) is 22.9 Å². The normalized spacial score (nSPS) is 11.9. The average Bonchev–Trinajstić information content (AvgIpc) is 2.67. The highest BCUT2D eigenvalue weighted by Gasteiger charge is 2.15. The van der Waals surface area contributed by atoms with E-state index in [1.807, 2.05) is 60.4 Å². The zero-order chi connectivity index (χ0) is 19.2. The Hall–Kier alpha value is -3.14. The van der Waals surface area contributed by atoms with E-state index in [4.69, 9.17) is 4.98 Å². The van der Waals surface area contributed by atoms with Crippen molar-refractivity contribution in [2.24, 2.45) is 10.9 Å². The number of fused-ring (bicyclic) bond motifs is 1. The van der Waals surface area contributed by atoms with Crippen molar-refractivity contribution in [1.82, 2.24) is 9.97 Å². The van der Waals surface area contributed by atoms with Crippen molar-refractivity contribution in [3.63, 3.8) is 0 Å². The van der Waals surface area contributed by atoms with Crippen molar-refractivity contribution < 1.29 is 4.57 Å². The van der Waals surface area contributed by atoms with Crippen molar-refractivity contribution in [3.8, 4) is 5.82 Å². The fraction of sp³-hybridized carbons (Fsp3) is 0.217. The molecule has 0 aliphatic heterocycles. The second-order valence-electron chi connectivity index (χ2n) is 6.78. The summed E-state index contributed by atoms with van der Waals surface area (Å²) in [6.45, 7) is 10.1. The van der Waals surface area contributed by atoms with Gasteiger partial charge in [-0.3, -0.25) is 9.98 Å². The highest BCUT2D eigenvalue weighted by molar-refractivity contribution is 5.78. The quantitative estimate of drug-likeness (QED) is 0.353. The van der Waals surface area contributed by atoms with Gasteiger partial charge >= 0.3 is 5.82 Å². The van der Waals surface area contributed by atoms with Gasteiger partial charge in [0.2, 0.25) is 5.52 Å². The molecule has 0 amide bonds. The molecule has 0 aliphatic rings. The summed E-state index contributed by atoms with van der Waals surface area (Å²) in [4.78, 5) is 13.9. The van der Waals surface area contributed by atoms with E-state index in [-0.39, 0.29) is 0 Å². The SMILES string of the molecule is C=C/C=C\c1cc[n+](-c2ccc3nccc(CC(C)C)c3n2)cc1/N=C/C. The van der Waals surface area contributed by atoms with Gasteiger partial charge in [-0.2, -0.15) is 0 Å². The van der Waals surface area contributed by atoms with E-state index >= 15 is 0 Å². The van der Waals surface area contributed by atoms with Crippen LogP contribution >= 0.6 is 0 Å². The summed E-state index contributed by atoms with van der Waals surface area (Å²) < 4.78 is 2.00. The van der Waals surface area contributed by atoms with Gasteiger partial charge in [-0.15, -0.1) is 0 Å². The first-order valence-electron chi connectivity index (χ1n) is 9.20. The molecule has 136 valence electrons. The van der Waals surface area contributed by atoms with Gasteiger partial charge in [0, 0.05) is 29.6 Å². The third-order valence-corrected chi connectivity index (χ3v) is 4.20. The topological polar surface area (TPSA) is 42.0 Å². The van der Waals surface area contributed by atoms with Crippen LogP contribution in [0, 0.1) is 5.92 Å². The van der Waals surface area contributed by atoms with E-state index in [9.17, 15) is 0 Å². The van der Waals surface area contributed by atoms with Crippen molar-refractivity contribution in [1.29, 1.82) is 0 Å². The first-order chi connectivity index (χ1) is 13.1. The highest BCUT2D eigenvalue weighted by Crippen LogP contribution is 2.21. The molecule has 0 unspecified atom stereocenters. The number of nitrogens with zero attached hydrogens (tertiary/aromatic N) is 4. The monoisotopic (exact) mass is 357 g/mol. The molecule has 4 heteroatoms. The van der Waals surface area contributed by atoms with E-state index in [0.717, 1.165) is 34.5 Å². The summed E-state index contributed by atoms with van der Waals surface area (Å²) in [5, 5.41) is 0. The number of aliphatic imine (C=N–C) groups is 1. The molecule has 0 saturated heterocycles. The van der Waals surface area contributed by atoms with Gasteiger partial charge in [0.05, 0.1) is 6.20 Å². The second-order valence-corrected chi connectivity index (χ2v) is 6.78. The summed E-state index contributed by atoms with van der Waals surface area (Å²) in [5.74, 6) is 1.42. The van der Waals surface area contributed by atoms with E-state index in [2.05, 4.69) is 36.5 Å². The summed E-state index contributed by atoms with van der Waals surface area (Å²) in [7, 11) is 0. The van der Waals surface area contributed by atoms with Crippen LogP contribution in [-0.4, -0.2) is 16.2 Å². The minimum Gasteiger partial charge on any atom is -0.257 e. The molecule has 0 radical (unpaired) electrons. The molecule has 0 N–H and O–H groups in total. The Labute approximate surface area is 160 Å². The molecular weight excluding hydrogens is 332 g/mol. The van der Waals surface area contributed by atoms with Gasteiger partial charge < -0.3 is 0 Å². The Kier molecular flexibility index (Phi) is 5.87. The number of allylic oxidation sites excluding steroid dienone is 2. The van der Waals surface area contributed by atoms with Gasteiger partial charge in [-0.25, -0.2) is 4.57 Å². The molecule has 3 heterocycles. The van der Waals surface area contributed by atoms with Gasteiger partial charge in [0.1, 0.15) is 17.4 Å². The molecule has 27 heavy (non-hydrogen) atoms. The van der Waals surface area contributed by atoms with Crippen LogP contribution in [0.1, 0.15) is 31.9 Å². The lowest BCUT2D eigenvalue weighted by Crippen LogP contribution is -2.31. The molecule has 3 aromatic rings. The number of aromatic nitrogens is 3. The maximum absolute atomic E-state index is 4.91. The highest BCUT2D eigenvalue weighted by atomic mass is 15.0. The van der Waals surface area contributed by atoms with Crippen LogP contribution in [-0.2, 0) is 6.42 Å². The zero-order valence-electron chi connectivity index (χ0n) is 16.1. The first kappa shape index (κ1) is 18.6. The molecule has 0 aromatic carbocycles. The van der Waals surface area contributed by atoms with E-state index in [0.29, 0.717) is 5.92 Å². The lowest BCUT2D eigenvalue weighted by atomic mass is 10.0. The van der Waals surface area contributed by atoms with Crippen molar-refractivity contribution >= 4 is 29.0 Å². The molecule has 4 nitrogen and oxygen atoms in total. The molecule has 3 rings (SSSR count). The second kappa shape index (κ2) is 8.49. The maximum atomic E-state index is 4.91. The van der Waals surface area contributed by atoms with Crippen LogP contribution in [0.4, 0.5) is 5.69 Å². The third kappa shape index (κ3) is 4.34. The zero-order valence-corrected chi connectivity index (χ0v) is 16.1. The minimum absolute atomic E-state index is 0.565. The smallest absolute Gasteiger partial charge is 0.257 e. The summed E-state index contributed by atoms with van der Waals surface area (Å²) in [6.07, 6.45) is 14.3. The van der Waals surface area contributed by atoms with Gasteiger partial charge in [-0.1, -0.05) is 38.7 Å². The van der Waals surface area contributed by atoms with Crippen molar-refractivity contribution in [2.75, 3.05) is 0 Å². The number of hydrogen-bond acceptors (Lipinski definition) is 3. The Morgan fingerprint density at radius 3 is 2.81 bits per heavy atom. The fourth-order valence-corrected chi connectivity index (χ4v) is 3.01. The molecular formula is C23H25N4+. The van der Waals surface area contributed by atoms with Crippen LogP contribution in [0.2, 0.25) is 0 Å². The average molecular weight is 357 g/mol. The molecule has 0 saturated carbocycles. The number of hydrogen-bond donors (Lipinski definition) is 0. The Morgan fingerprint density at radius 2 is 2.07 bits per heavy atom. The lowest BCUT2D eigenvalue weighted by molar-refractivity contribution is -0.598. The minimum atomic E-state index is 0.565.